The van der Waals surface area contributed by atoms with E-state index in [1.807, 2.05) is 0 Å². The standard InChI is InChI=1S/C7H3BrClF2NO2/c8-5-4(7(10)11)3(13)1-2(12-5)6(9)14/h1,7H,(H,12,13). The Labute approximate surface area is 90.2 Å². The molecule has 3 nitrogen and oxygen atoms in total. The summed E-state index contributed by atoms with van der Waals surface area (Å²) in [6.45, 7) is 0. The fourth-order valence-electron chi connectivity index (χ4n) is 0.848. The van der Waals surface area contributed by atoms with Crippen LogP contribution in [0.2, 0.25) is 0 Å². The number of hydrogen-bond acceptors (Lipinski definition) is 2. The number of H-pyrrole nitrogens is 1. The van der Waals surface area contributed by atoms with E-state index in [0.29, 0.717) is 0 Å². The van der Waals surface area contributed by atoms with Gasteiger partial charge in [-0.1, -0.05) is 0 Å². The van der Waals surface area contributed by atoms with Crippen LogP contribution in [0.1, 0.15) is 22.5 Å². The number of carbonyl (C=O) groups excluding carboxylic acids is 1. The van der Waals surface area contributed by atoms with Gasteiger partial charge in [0.15, 0.2) is 5.43 Å². The second-order valence-corrected chi connectivity index (χ2v) is 3.49. The largest absolute Gasteiger partial charge is 0.345 e. The molecule has 0 bridgehead atoms. The van der Waals surface area contributed by atoms with Crippen molar-refractivity contribution in [1.29, 1.82) is 0 Å². The van der Waals surface area contributed by atoms with Gasteiger partial charge in [0.05, 0.1) is 10.2 Å². The van der Waals surface area contributed by atoms with Gasteiger partial charge in [-0.05, 0) is 27.5 Å². The van der Waals surface area contributed by atoms with Gasteiger partial charge in [-0.3, -0.25) is 9.59 Å². The highest BCUT2D eigenvalue weighted by Gasteiger charge is 2.18. The predicted molar refractivity (Wildman–Crippen MR) is 49.9 cm³/mol. The molecule has 1 aromatic heterocycles. The molecule has 0 atom stereocenters. The van der Waals surface area contributed by atoms with E-state index >= 15 is 0 Å². The zero-order valence-corrected chi connectivity index (χ0v) is 8.82. The highest BCUT2D eigenvalue weighted by Crippen LogP contribution is 2.22. The number of pyridine rings is 1. The summed E-state index contributed by atoms with van der Waals surface area (Å²) in [6, 6.07) is 0.738. The van der Waals surface area contributed by atoms with Crippen molar-refractivity contribution >= 4 is 32.8 Å². The molecule has 0 aliphatic rings. The molecule has 0 spiro atoms. The molecular formula is C7H3BrClF2NO2. The summed E-state index contributed by atoms with van der Waals surface area (Å²) in [6.07, 6.45) is -2.91. The second kappa shape index (κ2) is 4.18. The molecule has 0 amide bonds. The number of aromatic nitrogens is 1. The first kappa shape index (κ1) is 11.3. The van der Waals surface area contributed by atoms with Crippen molar-refractivity contribution in [2.75, 3.05) is 0 Å². The summed E-state index contributed by atoms with van der Waals surface area (Å²) in [4.78, 5) is 23.9. The molecule has 7 heteroatoms. The van der Waals surface area contributed by atoms with Crippen molar-refractivity contribution in [3.8, 4) is 0 Å². The molecule has 14 heavy (non-hydrogen) atoms. The number of alkyl halides is 2. The van der Waals surface area contributed by atoms with E-state index in [2.05, 4.69) is 20.9 Å². The summed E-state index contributed by atoms with van der Waals surface area (Å²) in [7, 11) is 0. The molecule has 0 aliphatic heterocycles. The molecule has 0 aromatic carbocycles. The number of hydrogen-bond donors (Lipinski definition) is 1. The first-order valence-electron chi connectivity index (χ1n) is 3.34. The maximum Gasteiger partial charge on any atom is 0.270 e. The quantitative estimate of drug-likeness (QED) is 0.670. The highest BCUT2D eigenvalue weighted by molar-refractivity contribution is 9.10. The molecule has 0 fully saturated rings. The number of aromatic amines is 1. The minimum Gasteiger partial charge on any atom is -0.345 e. The van der Waals surface area contributed by atoms with E-state index < -0.39 is 22.7 Å². The van der Waals surface area contributed by atoms with Gasteiger partial charge < -0.3 is 4.98 Å². The Hall–Kier alpha value is -0.750. The van der Waals surface area contributed by atoms with Crippen LogP contribution < -0.4 is 5.43 Å². The number of rotatable bonds is 2. The normalized spacial score (nSPS) is 10.6. The zero-order valence-electron chi connectivity index (χ0n) is 6.48. The fraction of sp³-hybridized carbons (Fsp3) is 0.143. The Morgan fingerprint density at radius 3 is 2.50 bits per heavy atom. The van der Waals surface area contributed by atoms with Crippen LogP contribution in [-0.4, -0.2) is 10.2 Å². The van der Waals surface area contributed by atoms with Crippen molar-refractivity contribution in [3.05, 3.63) is 32.2 Å². The van der Waals surface area contributed by atoms with Gasteiger partial charge in [-0.2, -0.15) is 0 Å². The van der Waals surface area contributed by atoms with E-state index in [4.69, 9.17) is 11.6 Å². The summed E-state index contributed by atoms with van der Waals surface area (Å²) in [5, 5.41) is -0.913. The maximum absolute atomic E-state index is 12.3. The molecule has 76 valence electrons. The lowest BCUT2D eigenvalue weighted by Gasteiger charge is -2.03. The maximum atomic E-state index is 12.3. The molecule has 0 saturated heterocycles. The first-order valence-corrected chi connectivity index (χ1v) is 4.51. The zero-order chi connectivity index (χ0) is 10.9. The van der Waals surface area contributed by atoms with Crippen LogP contribution in [0.5, 0.6) is 0 Å². The third kappa shape index (κ3) is 2.19. The van der Waals surface area contributed by atoms with Crippen molar-refractivity contribution in [1.82, 2.24) is 4.98 Å². The Kier molecular flexibility index (Phi) is 3.38. The Morgan fingerprint density at radius 2 is 2.14 bits per heavy atom. The Morgan fingerprint density at radius 1 is 1.57 bits per heavy atom. The molecule has 0 unspecified atom stereocenters. The minimum absolute atomic E-state index is 0.229. The summed E-state index contributed by atoms with van der Waals surface area (Å²) >= 11 is 7.78. The van der Waals surface area contributed by atoms with Gasteiger partial charge in [0.25, 0.3) is 11.7 Å². The summed E-state index contributed by atoms with van der Waals surface area (Å²) in [5.74, 6) is 0. The lowest BCUT2D eigenvalue weighted by Crippen LogP contribution is -2.13. The number of carbonyl (C=O) groups is 1. The molecule has 1 rings (SSSR count). The molecule has 0 aliphatic carbocycles. The molecule has 1 aromatic rings. The van der Waals surface area contributed by atoms with Crippen LogP contribution in [0.25, 0.3) is 0 Å². The number of halogens is 4. The average molecular weight is 286 g/mol. The van der Waals surface area contributed by atoms with E-state index in [1.54, 1.807) is 0 Å². The van der Waals surface area contributed by atoms with Gasteiger partial charge in [0.1, 0.15) is 5.69 Å². The predicted octanol–water partition coefficient (Wildman–Crippen LogP) is 2.45. The van der Waals surface area contributed by atoms with Crippen LogP contribution in [0.3, 0.4) is 0 Å². The first-order chi connectivity index (χ1) is 6.43. The van der Waals surface area contributed by atoms with Crippen molar-refractivity contribution in [3.63, 3.8) is 0 Å². The SMILES string of the molecule is O=C(Cl)c1cc(=O)c(C(F)F)c(Br)[nH]1. The second-order valence-electron chi connectivity index (χ2n) is 2.35. The fourth-order valence-corrected chi connectivity index (χ4v) is 1.53. The Bertz CT molecular complexity index is 432. The molecular weight excluding hydrogens is 283 g/mol. The average Bonchev–Trinajstić information content (AvgIpc) is 2.01. The van der Waals surface area contributed by atoms with Gasteiger partial charge >= 0.3 is 0 Å². The summed E-state index contributed by atoms with van der Waals surface area (Å²) in [5.41, 5.74) is -1.88. The lowest BCUT2D eigenvalue weighted by molar-refractivity contribution is 0.107. The molecule has 1 N–H and O–H groups in total. The Balaban J connectivity index is 3.40. The monoisotopic (exact) mass is 285 g/mol. The van der Waals surface area contributed by atoms with Gasteiger partial charge in [-0.25, -0.2) is 8.78 Å². The third-order valence-corrected chi connectivity index (χ3v) is 2.28. The van der Waals surface area contributed by atoms with Crippen LogP contribution >= 0.6 is 27.5 Å². The van der Waals surface area contributed by atoms with E-state index in [9.17, 15) is 18.4 Å². The highest BCUT2D eigenvalue weighted by atomic mass is 79.9. The third-order valence-electron chi connectivity index (χ3n) is 1.45. The van der Waals surface area contributed by atoms with Crippen molar-refractivity contribution in [2.45, 2.75) is 6.43 Å². The smallest absolute Gasteiger partial charge is 0.270 e. The van der Waals surface area contributed by atoms with Crippen molar-refractivity contribution in [2.24, 2.45) is 0 Å². The van der Waals surface area contributed by atoms with E-state index in [1.165, 1.54) is 0 Å². The van der Waals surface area contributed by atoms with Crippen LogP contribution in [0.15, 0.2) is 15.5 Å². The lowest BCUT2D eigenvalue weighted by atomic mass is 10.2. The van der Waals surface area contributed by atoms with Gasteiger partial charge in [-0.15, -0.1) is 0 Å². The van der Waals surface area contributed by atoms with Gasteiger partial charge in [0.2, 0.25) is 0 Å². The van der Waals surface area contributed by atoms with Crippen LogP contribution in [0.4, 0.5) is 8.78 Å². The summed E-state index contributed by atoms with van der Waals surface area (Å²) < 4.78 is 24.3. The van der Waals surface area contributed by atoms with Crippen LogP contribution in [-0.2, 0) is 0 Å². The van der Waals surface area contributed by atoms with Crippen LogP contribution in [0, 0.1) is 0 Å². The van der Waals surface area contributed by atoms with E-state index in [-0.39, 0.29) is 10.3 Å². The topological polar surface area (TPSA) is 49.9 Å². The van der Waals surface area contributed by atoms with Crippen molar-refractivity contribution < 1.29 is 13.6 Å². The number of nitrogens with one attached hydrogen (secondary N) is 1. The van der Waals surface area contributed by atoms with Gasteiger partial charge in [0, 0.05) is 6.07 Å². The molecule has 1 heterocycles. The minimum atomic E-state index is -2.91. The molecule has 0 radical (unpaired) electrons. The van der Waals surface area contributed by atoms with E-state index in [0.717, 1.165) is 6.07 Å². The molecule has 0 saturated carbocycles.